The van der Waals surface area contributed by atoms with Crippen LogP contribution in [0, 0.1) is 0 Å². The van der Waals surface area contributed by atoms with Crippen LogP contribution in [-0.2, 0) is 17.4 Å². The number of carboxylic acid groups (broad SMARTS) is 1. The molecule has 0 saturated heterocycles. The van der Waals surface area contributed by atoms with Crippen molar-refractivity contribution >= 4 is 23.4 Å². The van der Waals surface area contributed by atoms with E-state index in [1.165, 1.54) is 18.2 Å². The number of Topliss-reactive ketones (excluding diaryl/α,β-unsaturated/α-hetero) is 1. The van der Waals surface area contributed by atoms with E-state index in [-0.39, 0.29) is 29.6 Å². The van der Waals surface area contributed by atoms with Gasteiger partial charge in [-0.3, -0.25) is 14.6 Å². The second-order valence-electron chi connectivity index (χ2n) is 9.16. The van der Waals surface area contributed by atoms with Gasteiger partial charge < -0.3 is 14.6 Å². The number of carboxylic acids is 1. The number of alkyl halides is 3. The van der Waals surface area contributed by atoms with Gasteiger partial charge in [0.25, 0.3) is 0 Å². The van der Waals surface area contributed by atoms with E-state index in [1.807, 2.05) is 0 Å². The van der Waals surface area contributed by atoms with Gasteiger partial charge in [-0.2, -0.15) is 13.2 Å². The second-order valence-corrected chi connectivity index (χ2v) is 9.57. The van der Waals surface area contributed by atoms with Gasteiger partial charge in [0.15, 0.2) is 5.78 Å². The zero-order valence-corrected chi connectivity index (χ0v) is 21.5. The molecule has 204 valence electrons. The number of rotatable bonds is 7. The summed E-state index contributed by atoms with van der Waals surface area (Å²) in [6.07, 6.45) is -4.08. The molecule has 0 saturated carbocycles. The van der Waals surface area contributed by atoms with Crippen molar-refractivity contribution < 1.29 is 37.3 Å². The van der Waals surface area contributed by atoms with E-state index in [1.54, 1.807) is 48.5 Å². The Bertz CT molecular complexity index is 1570. The lowest BCUT2D eigenvalue weighted by Crippen LogP contribution is -2.20. The van der Waals surface area contributed by atoms with Crippen LogP contribution in [0.4, 0.5) is 13.2 Å². The Morgan fingerprint density at radius 3 is 2.42 bits per heavy atom. The SMILES string of the molecule is O=C(Cc1cccc(-c2ccc(C(F)(F)F)cc2)n1)c1ccc(Oc2cc3c(cc2Cl)C(C(=O)O)CCO3)cc1. The second kappa shape index (κ2) is 11.0. The molecule has 3 aromatic carbocycles. The molecule has 1 aromatic heterocycles. The first kappa shape index (κ1) is 27.2. The molecular formula is C30H21ClF3NO5. The number of fused-ring (bicyclic) bond motifs is 1. The molecule has 2 heterocycles. The Morgan fingerprint density at radius 2 is 1.75 bits per heavy atom. The van der Waals surface area contributed by atoms with Crippen LogP contribution in [0.2, 0.25) is 5.02 Å². The highest BCUT2D eigenvalue weighted by atomic mass is 35.5. The van der Waals surface area contributed by atoms with Crippen molar-refractivity contribution in [2.75, 3.05) is 6.61 Å². The number of ether oxygens (including phenoxy) is 2. The van der Waals surface area contributed by atoms with Gasteiger partial charge in [0.05, 0.1) is 35.2 Å². The van der Waals surface area contributed by atoms with Crippen molar-refractivity contribution in [3.8, 4) is 28.5 Å². The van der Waals surface area contributed by atoms with Crippen molar-refractivity contribution in [2.24, 2.45) is 0 Å². The normalized spacial score (nSPS) is 14.7. The van der Waals surface area contributed by atoms with Gasteiger partial charge in [-0.15, -0.1) is 0 Å². The number of aromatic nitrogens is 1. The van der Waals surface area contributed by atoms with Gasteiger partial charge >= 0.3 is 12.1 Å². The molecule has 10 heteroatoms. The average Bonchev–Trinajstić information content (AvgIpc) is 2.93. The molecule has 40 heavy (non-hydrogen) atoms. The first-order valence-corrected chi connectivity index (χ1v) is 12.6. The molecule has 1 aliphatic heterocycles. The van der Waals surface area contributed by atoms with E-state index in [0.717, 1.165) is 12.1 Å². The standard InChI is InChI=1S/C30H21ClF3NO5/c31-24-15-23-22(29(37)38)12-13-39-27(23)16-28(24)40-21-10-6-18(7-11-21)26(36)14-20-2-1-3-25(35-20)17-4-8-19(9-5-17)30(32,33)34/h1-11,15-16,22H,12-14H2,(H,37,38). The lowest BCUT2D eigenvalue weighted by atomic mass is 9.93. The van der Waals surface area contributed by atoms with Crippen LogP contribution in [0.25, 0.3) is 11.3 Å². The van der Waals surface area contributed by atoms with Crippen molar-refractivity contribution in [3.05, 3.63) is 106 Å². The molecule has 0 fully saturated rings. The topological polar surface area (TPSA) is 85.7 Å². The third-order valence-electron chi connectivity index (χ3n) is 6.46. The molecule has 1 atom stereocenters. The van der Waals surface area contributed by atoms with Gasteiger partial charge in [-0.1, -0.05) is 29.8 Å². The number of carbonyl (C=O) groups excluding carboxylic acids is 1. The number of benzene rings is 3. The Kier molecular flexibility index (Phi) is 7.49. The zero-order chi connectivity index (χ0) is 28.4. The van der Waals surface area contributed by atoms with E-state index < -0.39 is 23.6 Å². The van der Waals surface area contributed by atoms with Gasteiger partial charge in [-0.05, 0) is 61.0 Å². The number of halogens is 4. The van der Waals surface area contributed by atoms with Crippen LogP contribution < -0.4 is 9.47 Å². The maximum absolute atomic E-state index is 12.9. The fourth-order valence-electron chi connectivity index (χ4n) is 4.40. The highest BCUT2D eigenvalue weighted by Crippen LogP contribution is 2.42. The molecule has 0 spiro atoms. The number of nitrogens with zero attached hydrogens (tertiary/aromatic N) is 1. The summed E-state index contributed by atoms with van der Waals surface area (Å²) in [7, 11) is 0. The van der Waals surface area contributed by atoms with E-state index in [0.29, 0.717) is 46.0 Å². The molecule has 5 rings (SSSR count). The lowest BCUT2D eigenvalue weighted by molar-refractivity contribution is -0.139. The molecule has 0 amide bonds. The predicted molar refractivity (Wildman–Crippen MR) is 141 cm³/mol. The van der Waals surface area contributed by atoms with E-state index in [9.17, 15) is 27.9 Å². The van der Waals surface area contributed by atoms with E-state index >= 15 is 0 Å². The molecule has 0 aliphatic carbocycles. The third kappa shape index (κ3) is 5.94. The number of ketones is 1. The zero-order valence-electron chi connectivity index (χ0n) is 20.7. The van der Waals surface area contributed by atoms with Crippen LogP contribution in [-0.4, -0.2) is 28.4 Å². The summed E-state index contributed by atoms with van der Waals surface area (Å²) in [6.45, 7) is 0.268. The summed E-state index contributed by atoms with van der Waals surface area (Å²) in [5.74, 6) is -0.762. The fraction of sp³-hybridized carbons (Fsp3) is 0.167. The summed E-state index contributed by atoms with van der Waals surface area (Å²) >= 11 is 6.35. The maximum atomic E-state index is 12.9. The molecular weight excluding hydrogens is 547 g/mol. The minimum Gasteiger partial charge on any atom is -0.493 e. The summed E-state index contributed by atoms with van der Waals surface area (Å²) in [6, 6.07) is 19.2. The van der Waals surface area contributed by atoms with Crippen LogP contribution in [0.3, 0.4) is 0 Å². The minimum absolute atomic E-state index is 0.00654. The smallest absolute Gasteiger partial charge is 0.416 e. The van der Waals surface area contributed by atoms with Crippen LogP contribution in [0.1, 0.15) is 39.5 Å². The van der Waals surface area contributed by atoms with E-state index in [2.05, 4.69) is 4.98 Å². The molecule has 0 radical (unpaired) electrons. The summed E-state index contributed by atoms with van der Waals surface area (Å²) in [5, 5.41) is 9.68. The Hall–Kier alpha value is -4.37. The molecule has 4 aromatic rings. The van der Waals surface area contributed by atoms with Gasteiger partial charge in [0.1, 0.15) is 17.2 Å². The molecule has 1 aliphatic rings. The summed E-state index contributed by atoms with van der Waals surface area (Å²) < 4.78 is 50.0. The molecule has 6 nitrogen and oxygen atoms in total. The highest BCUT2D eigenvalue weighted by molar-refractivity contribution is 6.32. The molecule has 1 N–H and O–H groups in total. The summed E-state index contributed by atoms with van der Waals surface area (Å²) in [4.78, 5) is 28.9. The number of aliphatic carboxylic acids is 1. The summed E-state index contributed by atoms with van der Waals surface area (Å²) in [5.41, 5.74) is 1.61. The monoisotopic (exact) mass is 567 g/mol. The third-order valence-corrected chi connectivity index (χ3v) is 6.76. The van der Waals surface area contributed by atoms with Gasteiger partial charge in [-0.25, -0.2) is 0 Å². The number of carbonyl (C=O) groups is 2. The van der Waals surface area contributed by atoms with Crippen LogP contribution in [0.5, 0.6) is 17.2 Å². The van der Waals surface area contributed by atoms with Gasteiger partial charge in [0, 0.05) is 28.5 Å². The van der Waals surface area contributed by atoms with Crippen molar-refractivity contribution in [3.63, 3.8) is 0 Å². The van der Waals surface area contributed by atoms with Crippen LogP contribution >= 0.6 is 11.6 Å². The largest absolute Gasteiger partial charge is 0.493 e. The number of hydrogen-bond acceptors (Lipinski definition) is 5. The number of hydrogen-bond donors (Lipinski definition) is 1. The van der Waals surface area contributed by atoms with Crippen molar-refractivity contribution in [1.82, 2.24) is 4.98 Å². The lowest BCUT2D eigenvalue weighted by Gasteiger charge is -2.24. The van der Waals surface area contributed by atoms with Crippen LogP contribution in [0.15, 0.2) is 78.9 Å². The fourth-order valence-corrected chi connectivity index (χ4v) is 4.61. The average molecular weight is 568 g/mol. The van der Waals surface area contributed by atoms with Gasteiger partial charge in [0.2, 0.25) is 0 Å². The highest BCUT2D eigenvalue weighted by Gasteiger charge is 2.30. The minimum atomic E-state index is -4.42. The quantitative estimate of drug-likeness (QED) is 0.232. The number of pyridine rings is 1. The van der Waals surface area contributed by atoms with Crippen molar-refractivity contribution in [2.45, 2.75) is 24.9 Å². The predicted octanol–water partition coefficient (Wildman–Crippen LogP) is 7.59. The first-order chi connectivity index (χ1) is 19.1. The Balaban J connectivity index is 1.27. The Labute approximate surface area is 232 Å². The first-order valence-electron chi connectivity index (χ1n) is 12.2. The molecule has 0 bridgehead atoms. The van der Waals surface area contributed by atoms with E-state index in [4.69, 9.17) is 21.1 Å². The van der Waals surface area contributed by atoms with Crippen molar-refractivity contribution in [1.29, 1.82) is 0 Å². The Morgan fingerprint density at radius 1 is 1.02 bits per heavy atom. The maximum Gasteiger partial charge on any atom is 0.416 e. The molecule has 1 unspecified atom stereocenters.